The number of anilines is 2. The smallest absolute Gasteiger partial charge is 0.363 e. The van der Waals surface area contributed by atoms with Gasteiger partial charge in [0.25, 0.3) is 0 Å². The molecule has 0 aliphatic carbocycles. The maximum absolute atomic E-state index is 12.6. The summed E-state index contributed by atoms with van der Waals surface area (Å²) in [5.74, 6) is 0.276. The Labute approximate surface area is 150 Å². The van der Waals surface area contributed by atoms with Crippen LogP contribution in [0.2, 0.25) is 0 Å². The van der Waals surface area contributed by atoms with Crippen LogP contribution in [0.15, 0.2) is 18.3 Å². The van der Waals surface area contributed by atoms with E-state index in [2.05, 4.69) is 14.6 Å². The van der Waals surface area contributed by atoms with Crippen molar-refractivity contribution < 1.29 is 26.8 Å². The zero-order chi connectivity index (χ0) is 19.1. The van der Waals surface area contributed by atoms with E-state index >= 15 is 0 Å². The van der Waals surface area contributed by atoms with Gasteiger partial charge in [0.05, 0.1) is 6.04 Å². The van der Waals surface area contributed by atoms with Crippen molar-refractivity contribution >= 4 is 33.8 Å². The van der Waals surface area contributed by atoms with Crippen LogP contribution >= 0.6 is 0 Å². The predicted molar refractivity (Wildman–Crippen MR) is 90.6 cm³/mol. The van der Waals surface area contributed by atoms with E-state index in [1.807, 2.05) is 14.1 Å². The first-order valence-corrected chi connectivity index (χ1v) is 9.23. The van der Waals surface area contributed by atoms with E-state index in [0.29, 0.717) is 29.4 Å². The molecule has 0 radical (unpaired) electrons. The second kappa shape index (κ2) is 6.70. The first-order valence-electron chi connectivity index (χ1n) is 7.87. The van der Waals surface area contributed by atoms with Gasteiger partial charge in [-0.2, -0.15) is 13.5 Å². The number of aromatic nitrogens is 1. The summed E-state index contributed by atoms with van der Waals surface area (Å²) in [6, 6.07) is 1.27. The highest BCUT2D eigenvalue weighted by atomic mass is 32.3. The van der Waals surface area contributed by atoms with Crippen molar-refractivity contribution in [2.75, 3.05) is 30.9 Å². The van der Waals surface area contributed by atoms with Crippen LogP contribution < -0.4 is 10.2 Å². The molecule has 0 spiro atoms. The van der Waals surface area contributed by atoms with E-state index in [-0.39, 0.29) is 12.5 Å². The second-order valence-electron chi connectivity index (χ2n) is 6.30. The van der Waals surface area contributed by atoms with Crippen LogP contribution in [0.4, 0.5) is 16.3 Å². The normalized spacial score (nSPS) is 22.5. The van der Waals surface area contributed by atoms with Crippen molar-refractivity contribution in [3.63, 3.8) is 0 Å². The monoisotopic (exact) mass is 385 g/mol. The number of hydrogen-bond donors (Lipinski definition) is 2. The number of urea groups is 1. The summed E-state index contributed by atoms with van der Waals surface area (Å²) in [4.78, 5) is 32.1. The number of carbonyl (C=O) groups is 2. The van der Waals surface area contributed by atoms with Crippen LogP contribution in [0.25, 0.3) is 0 Å². The molecule has 11 nitrogen and oxygen atoms in total. The van der Waals surface area contributed by atoms with Crippen LogP contribution in [-0.2, 0) is 19.5 Å². The van der Waals surface area contributed by atoms with E-state index in [0.717, 1.165) is 0 Å². The van der Waals surface area contributed by atoms with E-state index in [4.69, 9.17) is 4.55 Å². The number of nitrogens with zero attached hydrogens (tertiary/aromatic N) is 4. The maximum atomic E-state index is 12.6. The predicted octanol–water partition coefficient (Wildman–Crippen LogP) is 0.0891. The lowest BCUT2D eigenvalue weighted by molar-refractivity contribution is -0.120. The van der Waals surface area contributed by atoms with Crippen molar-refractivity contribution in [3.05, 3.63) is 18.3 Å². The number of pyridine rings is 1. The molecule has 2 aliphatic heterocycles. The fraction of sp³-hybridized carbons (Fsp3) is 0.500. The molecule has 2 saturated heterocycles. The molecule has 1 aromatic heterocycles. The van der Waals surface area contributed by atoms with Crippen LogP contribution in [0.1, 0.15) is 12.8 Å². The molecule has 3 amide bonds. The standard InChI is InChI=1S/C14H19N5O6S/c1-17(2)12-7-9(5-6-15-12)16-13(20)11-4-3-10-8-18(11)14(21)19(10)25-26(22,23)24/h5-7,10-11H,3-4,8H2,1-2H3,(H,15,16,20)(H,22,23,24)/t10-,11+/m1/s1. The molecule has 0 unspecified atom stereocenters. The first kappa shape index (κ1) is 18.4. The molecule has 2 N–H and O–H groups in total. The summed E-state index contributed by atoms with van der Waals surface area (Å²) in [5, 5.41) is 3.36. The minimum absolute atomic E-state index is 0.145. The third-order valence-electron chi connectivity index (χ3n) is 4.27. The van der Waals surface area contributed by atoms with E-state index < -0.39 is 28.5 Å². The van der Waals surface area contributed by atoms with E-state index in [1.54, 1.807) is 23.2 Å². The molecule has 26 heavy (non-hydrogen) atoms. The molecule has 2 atom stereocenters. The molecule has 2 fully saturated rings. The maximum Gasteiger partial charge on any atom is 0.418 e. The number of piperidine rings is 1. The summed E-state index contributed by atoms with van der Waals surface area (Å²) in [7, 11) is -1.17. The summed E-state index contributed by atoms with van der Waals surface area (Å²) in [6.07, 6.45) is 2.28. The Morgan fingerprint density at radius 1 is 1.42 bits per heavy atom. The Bertz CT molecular complexity index is 829. The number of nitrogens with one attached hydrogen (secondary N) is 1. The van der Waals surface area contributed by atoms with E-state index in [1.165, 1.54) is 4.90 Å². The van der Waals surface area contributed by atoms with Crippen molar-refractivity contribution in [1.82, 2.24) is 14.9 Å². The molecular weight excluding hydrogens is 366 g/mol. The SMILES string of the molecule is CN(C)c1cc(NC(=O)[C@@H]2CC[C@@H]3CN2C(=O)N3OS(=O)(=O)O)ccn1. The molecule has 3 rings (SSSR count). The largest absolute Gasteiger partial charge is 0.418 e. The average molecular weight is 385 g/mol. The fourth-order valence-corrected chi connectivity index (χ4v) is 3.46. The molecule has 142 valence electrons. The second-order valence-corrected chi connectivity index (χ2v) is 7.30. The molecule has 2 bridgehead atoms. The quantitative estimate of drug-likeness (QED) is 0.682. The van der Waals surface area contributed by atoms with Gasteiger partial charge < -0.3 is 15.1 Å². The number of rotatable bonds is 5. The van der Waals surface area contributed by atoms with Crippen molar-refractivity contribution in [1.29, 1.82) is 0 Å². The topological polar surface area (TPSA) is 132 Å². The summed E-state index contributed by atoms with van der Waals surface area (Å²) in [6.45, 7) is 0.145. The van der Waals surface area contributed by atoms with Gasteiger partial charge in [0.15, 0.2) is 0 Å². The minimum Gasteiger partial charge on any atom is -0.363 e. The highest BCUT2D eigenvalue weighted by Crippen LogP contribution is 2.31. The third-order valence-corrected chi connectivity index (χ3v) is 4.62. The number of amides is 3. The fourth-order valence-electron chi connectivity index (χ4n) is 3.07. The molecular formula is C14H19N5O6S. The number of carbonyl (C=O) groups excluding carboxylic acids is 2. The van der Waals surface area contributed by atoms with Crippen LogP contribution in [0.5, 0.6) is 0 Å². The van der Waals surface area contributed by atoms with Gasteiger partial charge in [-0.3, -0.25) is 9.35 Å². The number of hydroxylamine groups is 2. The molecule has 0 aromatic carbocycles. The van der Waals surface area contributed by atoms with E-state index in [9.17, 15) is 18.0 Å². The molecule has 3 heterocycles. The van der Waals surface area contributed by atoms with Gasteiger partial charge in [-0.25, -0.2) is 9.78 Å². The highest BCUT2D eigenvalue weighted by Gasteiger charge is 2.49. The Morgan fingerprint density at radius 3 is 2.81 bits per heavy atom. The molecule has 12 heteroatoms. The average Bonchev–Trinajstić information content (AvgIpc) is 2.78. The Morgan fingerprint density at radius 2 is 2.15 bits per heavy atom. The van der Waals surface area contributed by atoms with Gasteiger partial charge in [0.2, 0.25) is 5.91 Å². The zero-order valence-electron chi connectivity index (χ0n) is 14.2. The first-order chi connectivity index (χ1) is 12.2. The molecule has 2 aliphatic rings. The number of hydrogen-bond acceptors (Lipinski definition) is 7. The lowest BCUT2D eigenvalue weighted by Crippen LogP contribution is -2.47. The van der Waals surface area contributed by atoms with Gasteiger partial charge >= 0.3 is 16.4 Å². The van der Waals surface area contributed by atoms with Crippen LogP contribution in [-0.4, -0.2) is 72.6 Å². The van der Waals surface area contributed by atoms with Gasteiger partial charge in [-0.05, 0) is 18.9 Å². The lowest BCUT2D eigenvalue weighted by atomic mass is 10.0. The van der Waals surface area contributed by atoms with Crippen molar-refractivity contribution in [2.45, 2.75) is 24.9 Å². The van der Waals surface area contributed by atoms with Crippen molar-refractivity contribution in [2.24, 2.45) is 0 Å². The molecule has 1 aromatic rings. The summed E-state index contributed by atoms with van der Waals surface area (Å²) >= 11 is 0. The Kier molecular flexibility index (Phi) is 4.73. The van der Waals surface area contributed by atoms with Crippen LogP contribution in [0, 0.1) is 0 Å². The Balaban J connectivity index is 1.72. The highest BCUT2D eigenvalue weighted by molar-refractivity contribution is 7.80. The minimum atomic E-state index is -4.81. The van der Waals surface area contributed by atoms with Crippen LogP contribution in [0.3, 0.4) is 0 Å². The van der Waals surface area contributed by atoms with Gasteiger partial charge in [0.1, 0.15) is 11.9 Å². The lowest BCUT2D eigenvalue weighted by Gasteiger charge is -2.29. The van der Waals surface area contributed by atoms with Crippen molar-refractivity contribution in [3.8, 4) is 0 Å². The zero-order valence-corrected chi connectivity index (χ0v) is 15.0. The Hall–Kier alpha value is -2.44. The number of fused-ring (bicyclic) bond motifs is 2. The molecule has 0 saturated carbocycles. The van der Waals surface area contributed by atoms with Gasteiger partial charge in [0, 0.05) is 38.6 Å². The third kappa shape index (κ3) is 3.71. The van der Waals surface area contributed by atoms with Gasteiger partial charge in [-0.1, -0.05) is 0 Å². The summed E-state index contributed by atoms with van der Waals surface area (Å²) < 4.78 is 34.9. The van der Waals surface area contributed by atoms with Gasteiger partial charge in [-0.15, -0.1) is 4.28 Å². The summed E-state index contributed by atoms with van der Waals surface area (Å²) in [5.41, 5.74) is 0.536.